The van der Waals surface area contributed by atoms with Gasteiger partial charge in [0.15, 0.2) is 0 Å². The third-order valence-corrected chi connectivity index (χ3v) is 1.66. The minimum absolute atomic E-state index is 0.505. The highest BCUT2D eigenvalue weighted by atomic mass is 14.6. The van der Waals surface area contributed by atoms with Crippen LogP contribution in [0.2, 0.25) is 0 Å². The summed E-state index contributed by atoms with van der Waals surface area (Å²) in [6, 6.07) is 8.25. The van der Waals surface area contributed by atoms with Gasteiger partial charge in [0.2, 0.25) is 0 Å². The van der Waals surface area contributed by atoms with Crippen molar-refractivity contribution in [2.45, 2.75) is 6.92 Å². The van der Waals surface area contributed by atoms with Gasteiger partial charge in [0.1, 0.15) is 0 Å². The third kappa shape index (κ3) is 1.09. The number of hydrogen-bond donors (Lipinski definition) is 0. The minimum Gasteiger partial charge on any atom is -0.256 e. The van der Waals surface area contributed by atoms with Crippen LogP contribution in [-0.4, -0.2) is 4.98 Å². The lowest BCUT2D eigenvalue weighted by atomic mass is 10.1. The van der Waals surface area contributed by atoms with Crippen LogP contribution in [0.1, 0.15) is 6.93 Å². The van der Waals surface area contributed by atoms with E-state index in [1.165, 1.54) is 0 Å². The number of rotatable bonds is 0. The monoisotopic (exact) mass is 144 g/mol. The zero-order valence-corrected chi connectivity index (χ0v) is 6.33. The van der Waals surface area contributed by atoms with Crippen molar-refractivity contribution in [1.29, 1.82) is 0 Å². The first kappa shape index (κ1) is 5.30. The van der Waals surface area contributed by atoms with Gasteiger partial charge in [-0.05, 0) is 25.1 Å². The molecule has 1 aromatic heterocycles. The molecule has 0 saturated heterocycles. The van der Waals surface area contributed by atoms with Gasteiger partial charge in [-0.15, -0.1) is 0 Å². The Kier molecular flexibility index (Phi) is 1.13. The standard InChI is InChI=1S/C10H9N/c1-8-4-5-10-9(7-8)3-2-6-11-10/h2-7H,1H3/i5D. The average Bonchev–Trinajstić information content (AvgIpc) is 2.04. The molecule has 2 rings (SSSR count). The van der Waals surface area contributed by atoms with Crippen LogP contribution in [0, 0.1) is 6.92 Å². The minimum atomic E-state index is 0.505. The molecule has 1 aromatic carbocycles. The number of pyridine rings is 1. The SMILES string of the molecule is [2H]c1cc(C)cc2cccnc12. The van der Waals surface area contributed by atoms with E-state index in [4.69, 9.17) is 1.37 Å². The fourth-order valence-corrected chi connectivity index (χ4v) is 1.12. The second-order valence-electron chi connectivity index (χ2n) is 2.62. The Labute approximate surface area is 67.1 Å². The molecular weight excluding hydrogens is 134 g/mol. The van der Waals surface area contributed by atoms with E-state index in [1.54, 1.807) is 6.20 Å². The lowest BCUT2D eigenvalue weighted by Crippen LogP contribution is -1.77. The predicted octanol–water partition coefficient (Wildman–Crippen LogP) is 2.54. The number of nitrogens with zero attached hydrogens (tertiary/aromatic N) is 1. The van der Waals surface area contributed by atoms with Crippen molar-refractivity contribution in [1.82, 2.24) is 4.98 Å². The molecule has 0 atom stereocenters. The molecule has 0 aliphatic heterocycles. The molecule has 54 valence electrons. The van der Waals surface area contributed by atoms with Crippen molar-refractivity contribution < 1.29 is 1.37 Å². The summed E-state index contributed by atoms with van der Waals surface area (Å²) < 4.78 is 7.64. The topological polar surface area (TPSA) is 12.9 Å². The van der Waals surface area contributed by atoms with Crippen molar-refractivity contribution in [3.63, 3.8) is 0 Å². The molecule has 11 heavy (non-hydrogen) atoms. The van der Waals surface area contributed by atoms with E-state index >= 15 is 0 Å². The van der Waals surface area contributed by atoms with Crippen molar-refractivity contribution in [2.24, 2.45) is 0 Å². The maximum absolute atomic E-state index is 7.64. The normalized spacial score (nSPS) is 11.5. The van der Waals surface area contributed by atoms with Gasteiger partial charge in [0, 0.05) is 11.6 Å². The van der Waals surface area contributed by atoms with Gasteiger partial charge in [-0.3, -0.25) is 4.98 Å². The number of benzene rings is 1. The first-order chi connectivity index (χ1) is 5.77. The maximum Gasteiger partial charge on any atom is 0.0702 e. The molecule has 0 N–H and O–H groups in total. The largest absolute Gasteiger partial charge is 0.256 e. The Morgan fingerprint density at radius 1 is 1.45 bits per heavy atom. The van der Waals surface area contributed by atoms with Crippen LogP contribution in [0.5, 0.6) is 0 Å². The zero-order chi connectivity index (χ0) is 8.55. The quantitative estimate of drug-likeness (QED) is 0.553. The van der Waals surface area contributed by atoms with Crippen LogP contribution in [-0.2, 0) is 0 Å². The van der Waals surface area contributed by atoms with Gasteiger partial charge >= 0.3 is 0 Å². The van der Waals surface area contributed by atoms with E-state index in [0.717, 1.165) is 16.5 Å². The van der Waals surface area contributed by atoms with Crippen LogP contribution in [0.4, 0.5) is 0 Å². The Morgan fingerprint density at radius 3 is 3.27 bits per heavy atom. The molecule has 0 aliphatic rings. The van der Waals surface area contributed by atoms with Crippen molar-refractivity contribution in [3.8, 4) is 0 Å². The summed E-state index contributed by atoms with van der Waals surface area (Å²) in [5.41, 5.74) is 1.89. The number of fused-ring (bicyclic) bond motifs is 1. The van der Waals surface area contributed by atoms with Crippen LogP contribution in [0.3, 0.4) is 0 Å². The highest BCUT2D eigenvalue weighted by molar-refractivity contribution is 5.78. The molecule has 0 spiro atoms. The molecular formula is C10H9N. The van der Waals surface area contributed by atoms with Gasteiger partial charge in [-0.25, -0.2) is 0 Å². The summed E-state index contributed by atoms with van der Waals surface area (Å²) in [6.07, 6.45) is 1.72. The summed E-state index contributed by atoms with van der Waals surface area (Å²) in [5, 5.41) is 1.04. The van der Waals surface area contributed by atoms with E-state index in [1.807, 2.05) is 31.2 Å². The summed E-state index contributed by atoms with van der Waals surface area (Å²) >= 11 is 0. The first-order valence-electron chi connectivity index (χ1n) is 4.09. The zero-order valence-electron chi connectivity index (χ0n) is 7.33. The fraction of sp³-hybridized carbons (Fsp3) is 0.100. The van der Waals surface area contributed by atoms with Gasteiger partial charge in [-0.1, -0.05) is 17.7 Å². The van der Waals surface area contributed by atoms with E-state index in [-0.39, 0.29) is 0 Å². The molecule has 0 amide bonds. The maximum atomic E-state index is 7.64. The summed E-state index contributed by atoms with van der Waals surface area (Å²) in [5.74, 6) is 0. The fourth-order valence-electron chi connectivity index (χ4n) is 1.12. The van der Waals surface area contributed by atoms with E-state index in [0.29, 0.717) is 6.04 Å². The molecule has 0 bridgehead atoms. The smallest absolute Gasteiger partial charge is 0.0702 e. The lowest BCUT2D eigenvalue weighted by Gasteiger charge is -1.95. The Morgan fingerprint density at radius 2 is 2.36 bits per heavy atom. The molecule has 0 fully saturated rings. The highest BCUT2D eigenvalue weighted by Gasteiger charge is 1.90. The van der Waals surface area contributed by atoms with Gasteiger partial charge in [-0.2, -0.15) is 0 Å². The Hall–Kier alpha value is -1.37. The van der Waals surface area contributed by atoms with Gasteiger partial charge in [0.25, 0.3) is 0 Å². The van der Waals surface area contributed by atoms with Crippen LogP contribution in [0.25, 0.3) is 10.9 Å². The van der Waals surface area contributed by atoms with Crippen molar-refractivity contribution in [2.75, 3.05) is 0 Å². The van der Waals surface area contributed by atoms with Crippen LogP contribution < -0.4 is 0 Å². The number of aryl methyl sites for hydroxylation is 1. The van der Waals surface area contributed by atoms with Crippen LogP contribution in [0.15, 0.2) is 36.5 Å². The van der Waals surface area contributed by atoms with Crippen LogP contribution >= 0.6 is 0 Å². The second-order valence-corrected chi connectivity index (χ2v) is 2.62. The summed E-state index contributed by atoms with van der Waals surface area (Å²) in [7, 11) is 0. The summed E-state index contributed by atoms with van der Waals surface area (Å²) in [4.78, 5) is 4.13. The van der Waals surface area contributed by atoms with E-state index in [2.05, 4.69) is 4.98 Å². The first-order valence-corrected chi connectivity index (χ1v) is 3.59. The number of aromatic nitrogens is 1. The van der Waals surface area contributed by atoms with Crippen molar-refractivity contribution in [3.05, 3.63) is 42.1 Å². The predicted molar refractivity (Wildman–Crippen MR) is 46.5 cm³/mol. The molecule has 2 aromatic rings. The average molecular weight is 144 g/mol. The molecule has 0 unspecified atom stereocenters. The lowest BCUT2D eigenvalue weighted by molar-refractivity contribution is 1.39. The van der Waals surface area contributed by atoms with E-state index in [9.17, 15) is 0 Å². The third-order valence-electron chi connectivity index (χ3n) is 1.66. The Balaban J connectivity index is 2.89. The van der Waals surface area contributed by atoms with Crippen molar-refractivity contribution >= 4 is 10.9 Å². The summed E-state index contributed by atoms with van der Waals surface area (Å²) in [6.45, 7) is 1.99. The van der Waals surface area contributed by atoms with Gasteiger partial charge < -0.3 is 0 Å². The molecule has 0 aliphatic carbocycles. The molecule has 1 nitrogen and oxygen atoms in total. The van der Waals surface area contributed by atoms with E-state index < -0.39 is 0 Å². The highest BCUT2D eigenvalue weighted by Crippen LogP contribution is 2.11. The molecule has 1 heteroatoms. The molecule has 0 radical (unpaired) electrons. The second kappa shape index (κ2) is 2.35. The number of hydrogen-bond acceptors (Lipinski definition) is 1. The molecule has 0 saturated carbocycles. The van der Waals surface area contributed by atoms with Gasteiger partial charge in [0.05, 0.1) is 6.89 Å². The molecule has 1 heterocycles. The Bertz CT molecular complexity index is 423.